The molecule has 2 aromatic rings. The van der Waals surface area contributed by atoms with Gasteiger partial charge in [0.1, 0.15) is 0 Å². The summed E-state index contributed by atoms with van der Waals surface area (Å²) in [6.45, 7) is 0.991. The first-order chi connectivity index (χ1) is 10.6. The van der Waals surface area contributed by atoms with Gasteiger partial charge in [0.15, 0.2) is 0 Å². The highest BCUT2D eigenvalue weighted by molar-refractivity contribution is 5.73. The van der Waals surface area contributed by atoms with Crippen molar-refractivity contribution in [3.63, 3.8) is 0 Å². The minimum atomic E-state index is -0.747. The molecule has 6 nitrogen and oxygen atoms in total. The Morgan fingerprint density at radius 3 is 2.77 bits per heavy atom. The fourth-order valence-corrected chi connectivity index (χ4v) is 2.43. The first kappa shape index (κ1) is 14.3. The number of anilines is 1. The third-order valence-corrected chi connectivity index (χ3v) is 3.85. The number of benzene rings is 1. The number of aromatic nitrogens is 2. The van der Waals surface area contributed by atoms with Gasteiger partial charge in [0.05, 0.1) is 24.3 Å². The van der Waals surface area contributed by atoms with Crippen molar-refractivity contribution in [3.8, 4) is 0 Å². The smallest absolute Gasteiger partial charge is 0.306 e. The maximum atomic E-state index is 12.0. The van der Waals surface area contributed by atoms with Crippen LogP contribution in [0.5, 0.6) is 0 Å². The van der Waals surface area contributed by atoms with Crippen molar-refractivity contribution >= 4 is 11.7 Å². The topological polar surface area (TPSA) is 84.2 Å². The Morgan fingerprint density at radius 1 is 1.36 bits per heavy atom. The van der Waals surface area contributed by atoms with E-state index in [9.17, 15) is 9.59 Å². The number of rotatable bonds is 6. The molecule has 2 atom stereocenters. The monoisotopic (exact) mass is 299 g/mol. The maximum absolute atomic E-state index is 12.0. The molecular formula is C16H17N3O3. The Hall–Kier alpha value is -2.63. The standard InChI is InChI=1S/C16H17N3O3/c20-15-7-13(17-8-12-6-14(12)16(21)22)9-18-19(15)10-11-4-2-1-3-5-11/h1-5,7,9,12,14,17H,6,8,10H2,(H,21,22)/t12-,14-/m1/s1. The van der Waals surface area contributed by atoms with Crippen LogP contribution in [-0.4, -0.2) is 27.4 Å². The number of nitrogens with one attached hydrogen (secondary N) is 1. The second-order valence-corrected chi connectivity index (χ2v) is 5.55. The van der Waals surface area contributed by atoms with E-state index >= 15 is 0 Å². The van der Waals surface area contributed by atoms with E-state index in [4.69, 9.17) is 5.11 Å². The molecule has 1 aliphatic carbocycles. The summed E-state index contributed by atoms with van der Waals surface area (Å²) in [6.07, 6.45) is 2.29. The lowest BCUT2D eigenvalue weighted by atomic mass is 10.2. The Kier molecular flexibility index (Phi) is 3.91. The number of carboxylic acid groups (broad SMARTS) is 1. The van der Waals surface area contributed by atoms with Crippen molar-refractivity contribution in [1.29, 1.82) is 0 Å². The van der Waals surface area contributed by atoms with E-state index in [2.05, 4.69) is 10.4 Å². The lowest BCUT2D eigenvalue weighted by Gasteiger charge is -2.08. The Balaban J connectivity index is 1.60. The van der Waals surface area contributed by atoms with E-state index in [-0.39, 0.29) is 17.4 Å². The number of hydrogen-bond donors (Lipinski definition) is 2. The SMILES string of the molecule is O=C(O)[C@@H]1C[C@@H]1CNc1cnn(Cc2ccccc2)c(=O)c1. The number of aliphatic carboxylic acids is 1. The zero-order chi connectivity index (χ0) is 15.5. The largest absolute Gasteiger partial charge is 0.481 e. The Morgan fingerprint density at radius 2 is 2.14 bits per heavy atom. The summed E-state index contributed by atoms with van der Waals surface area (Å²) in [6, 6.07) is 11.2. The molecule has 114 valence electrons. The summed E-state index contributed by atoms with van der Waals surface area (Å²) in [5.74, 6) is -0.855. The number of carboxylic acids is 1. The molecule has 0 amide bonds. The van der Waals surface area contributed by atoms with Crippen molar-refractivity contribution in [2.75, 3.05) is 11.9 Å². The zero-order valence-corrected chi connectivity index (χ0v) is 12.0. The predicted octanol–water partition coefficient (Wildman–Crippen LogP) is 1.42. The fourth-order valence-electron chi connectivity index (χ4n) is 2.43. The van der Waals surface area contributed by atoms with E-state index in [0.29, 0.717) is 25.2 Å². The van der Waals surface area contributed by atoms with Crippen molar-refractivity contribution in [2.45, 2.75) is 13.0 Å². The van der Waals surface area contributed by atoms with Crippen LogP contribution in [0.1, 0.15) is 12.0 Å². The van der Waals surface area contributed by atoms with Crippen LogP contribution in [0, 0.1) is 11.8 Å². The summed E-state index contributed by atoms with van der Waals surface area (Å²) in [5.41, 5.74) is 1.46. The van der Waals surface area contributed by atoms with E-state index in [1.807, 2.05) is 30.3 Å². The van der Waals surface area contributed by atoms with E-state index < -0.39 is 5.97 Å². The van der Waals surface area contributed by atoms with Gasteiger partial charge in [-0.3, -0.25) is 9.59 Å². The first-order valence-corrected chi connectivity index (χ1v) is 7.21. The average Bonchev–Trinajstić information content (AvgIpc) is 3.29. The van der Waals surface area contributed by atoms with Gasteiger partial charge in [-0.25, -0.2) is 4.68 Å². The quantitative estimate of drug-likeness (QED) is 0.843. The minimum absolute atomic E-state index is 0.143. The molecule has 1 aromatic carbocycles. The van der Waals surface area contributed by atoms with Gasteiger partial charge < -0.3 is 10.4 Å². The van der Waals surface area contributed by atoms with Gasteiger partial charge in [0, 0.05) is 12.6 Å². The summed E-state index contributed by atoms with van der Waals surface area (Å²) < 4.78 is 1.40. The van der Waals surface area contributed by atoms with E-state index in [1.165, 1.54) is 10.7 Å². The van der Waals surface area contributed by atoms with Gasteiger partial charge in [0.25, 0.3) is 5.56 Å². The van der Waals surface area contributed by atoms with Gasteiger partial charge in [-0.05, 0) is 17.9 Å². The van der Waals surface area contributed by atoms with Crippen LogP contribution < -0.4 is 10.9 Å². The number of nitrogens with zero attached hydrogens (tertiary/aromatic N) is 2. The van der Waals surface area contributed by atoms with Crippen LogP contribution in [0.25, 0.3) is 0 Å². The summed E-state index contributed by atoms with van der Waals surface area (Å²) in [7, 11) is 0. The molecule has 0 aliphatic heterocycles. The van der Waals surface area contributed by atoms with Gasteiger partial charge in [-0.15, -0.1) is 0 Å². The first-order valence-electron chi connectivity index (χ1n) is 7.21. The lowest BCUT2D eigenvalue weighted by Crippen LogP contribution is -2.23. The van der Waals surface area contributed by atoms with Crippen LogP contribution in [0.2, 0.25) is 0 Å². The predicted molar refractivity (Wildman–Crippen MR) is 81.8 cm³/mol. The van der Waals surface area contributed by atoms with E-state index in [1.54, 1.807) is 6.20 Å². The molecule has 2 N–H and O–H groups in total. The molecule has 1 fully saturated rings. The minimum Gasteiger partial charge on any atom is -0.481 e. The van der Waals surface area contributed by atoms with Crippen molar-refractivity contribution in [2.24, 2.45) is 11.8 Å². The molecule has 22 heavy (non-hydrogen) atoms. The van der Waals surface area contributed by atoms with E-state index in [0.717, 1.165) is 5.56 Å². The fraction of sp³-hybridized carbons (Fsp3) is 0.312. The summed E-state index contributed by atoms with van der Waals surface area (Å²) in [4.78, 5) is 22.8. The maximum Gasteiger partial charge on any atom is 0.306 e. The molecule has 0 spiro atoms. The average molecular weight is 299 g/mol. The summed E-state index contributed by atoms with van der Waals surface area (Å²) >= 11 is 0. The number of carbonyl (C=O) groups is 1. The second kappa shape index (κ2) is 6.01. The Labute approximate surface area is 127 Å². The van der Waals surface area contributed by atoms with Crippen molar-refractivity contribution in [1.82, 2.24) is 9.78 Å². The van der Waals surface area contributed by atoms with Gasteiger partial charge in [0.2, 0.25) is 0 Å². The van der Waals surface area contributed by atoms with Crippen LogP contribution in [0.4, 0.5) is 5.69 Å². The lowest BCUT2D eigenvalue weighted by molar-refractivity contribution is -0.138. The zero-order valence-electron chi connectivity index (χ0n) is 12.0. The highest BCUT2D eigenvalue weighted by Gasteiger charge is 2.42. The molecule has 3 rings (SSSR count). The second-order valence-electron chi connectivity index (χ2n) is 5.55. The third kappa shape index (κ3) is 3.33. The summed E-state index contributed by atoms with van der Waals surface area (Å²) in [5, 5.41) is 16.1. The van der Waals surface area contributed by atoms with Crippen LogP contribution in [0.3, 0.4) is 0 Å². The molecule has 1 aliphatic rings. The highest BCUT2D eigenvalue weighted by Crippen LogP contribution is 2.38. The third-order valence-electron chi connectivity index (χ3n) is 3.85. The molecule has 1 saturated carbocycles. The normalized spacial score (nSPS) is 19.6. The molecule has 1 aromatic heterocycles. The molecule has 0 bridgehead atoms. The number of hydrogen-bond acceptors (Lipinski definition) is 4. The van der Waals surface area contributed by atoms with Crippen molar-refractivity contribution in [3.05, 3.63) is 58.5 Å². The molecule has 6 heteroatoms. The van der Waals surface area contributed by atoms with Gasteiger partial charge >= 0.3 is 5.97 Å². The highest BCUT2D eigenvalue weighted by atomic mass is 16.4. The van der Waals surface area contributed by atoms with Crippen LogP contribution in [-0.2, 0) is 11.3 Å². The molecule has 1 heterocycles. The van der Waals surface area contributed by atoms with Crippen LogP contribution in [0.15, 0.2) is 47.4 Å². The Bertz CT molecular complexity index is 727. The van der Waals surface area contributed by atoms with Crippen molar-refractivity contribution < 1.29 is 9.90 Å². The molecule has 0 unspecified atom stereocenters. The van der Waals surface area contributed by atoms with Gasteiger partial charge in [-0.1, -0.05) is 30.3 Å². The molecular weight excluding hydrogens is 282 g/mol. The molecule has 0 saturated heterocycles. The molecule has 0 radical (unpaired) electrons. The van der Waals surface area contributed by atoms with Crippen LogP contribution >= 0.6 is 0 Å². The van der Waals surface area contributed by atoms with Gasteiger partial charge in [-0.2, -0.15) is 5.10 Å².